The molecular weight excluding hydrogens is 240 g/mol. The van der Waals surface area contributed by atoms with E-state index in [1.165, 1.54) is 37.3 Å². The zero-order chi connectivity index (χ0) is 13.4. The van der Waals surface area contributed by atoms with Crippen LogP contribution in [0, 0.1) is 11.3 Å². The number of hydrogen-bond donors (Lipinski definition) is 1. The molecule has 106 valence electrons. The summed E-state index contributed by atoms with van der Waals surface area (Å²) in [5.41, 5.74) is 6.93. The summed E-state index contributed by atoms with van der Waals surface area (Å²) < 4.78 is 0. The molecule has 0 aromatic rings. The van der Waals surface area contributed by atoms with Gasteiger partial charge in [0.2, 0.25) is 0 Å². The second-order valence-electron chi connectivity index (χ2n) is 7.32. The maximum atomic E-state index is 6.24. The average Bonchev–Trinajstić information content (AvgIpc) is 2.31. The van der Waals surface area contributed by atoms with Crippen molar-refractivity contribution < 1.29 is 0 Å². The van der Waals surface area contributed by atoms with E-state index < -0.39 is 0 Å². The van der Waals surface area contributed by atoms with Crippen LogP contribution < -0.4 is 5.73 Å². The number of nitrogens with two attached hydrogens (primary N) is 1. The molecule has 0 radical (unpaired) electrons. The summed E-state index contributed by atoms with van der Waals surface area (Å²) in [6.07, 6.45) is 3.99. The Balaban J connectivity index is 2.20. The molecule has 2 heterocycles. The lowest BCUT2D eigenvalue weighted by Crippen LogP contribution is -2.64. The lowest BCUT2D eigenvalue weighted by molar-refractivity contribution is -0.00688. The molecule has 0 aromatic heterocycles. The van der Waals surface area contributed by atoms with Crippen molar-refractivity contribution in [3.8, 4) is 0 Å². The summed E-state index contributed by atoms with van der Waals surface area (Å²) in [5.74, 6) is 3.33. The number of nitrogens with zero attached hydrogens (tertiary/aromatic N) is 1. The molecule has 0 saturated carbocycles. The zero-order valence-electron chi connectivity index (χ0n) is 12.5. The third-order valence-corrected chi connectivity index (χ3v) is 6.76. The van der Waals surface area contributed by atoms with Crippen molar-refractivity contribution in [1.82, 2.24) is 4.90 Å². The van der Waals surface area contributed by atoms with E-state index in [9.17, 15) is 0 Å². The van der Waals surface area contributed by atoms with Crippen LogP contribution in [0.2, 0.25) is 0 Å². The molecule has 2 aliphatic rings. The number of piperidine rings is 1. The van der Waals surface area contributed by atoms with Gasteiger partial charge in [0, 0.05) is 23.9 Å². The normalized spacial score (nSPS) is 41.8. The first kappa shape index (κ1) is 14.7. The van der Waals surface area contributed by atoms with Crippen molar-refractivity contribution in [2.24, 2.45) is 17.1 Å². The van der Waals surface area contributed by atoms with Gasteiger partial charge in [-0.15, -0.1) is 0 Å². The van der Waals surface area contributed by atoms with Gasteiger partial charge >= 0.3 is 0 Å². The van der Waals surface area contributed by atoms with Gasteiger partial charge < -0.3 is 5.73 Å². The highest BCUT2D eigenvalue weighted by Gasteiger charge is 2.46. The first-order valence-corrected chi connectivity index (χ1v) is 8.60. The zero-order valence-corrected chi connectivity index (χ0v) is 13.4. The quantitative estimate of drug-likeness (QED) is 0.836. The first-order chi connectivity index (χ1) is 8.40. The Bertz CT molecular complexity index is 292. The minimum Gasteiger partial charge on any atom is -0.329 e. The van der Waals surface area contributed by atoms with Gasteiger partial charge in [-0.3, -0.25) is 4.90 Å². The van der Waals surface area contributed by atoms with Gasteiger partial charge in [0.1, 0.15) is 0 Å². The maximum Gasteiger partial charge on any atom is 0.0430 e. The van der Waals surface area contributed by atoms with Crippen molar-refractivity contribution in [2.45, 2.75) is 58.5 Å². The molecule has 0 bridgehead atoms. The molecule has 2 aliphatic heterocycles. The monoisotopic (exact) mass is 270 g/mol. The Morgan fingerprint density at radius 1 is 1.28 bits per heavy atom. The highest BCUT2D eigenvalue weighted by Crippen LogP contribution is 2.44. The van der Waals surface area contributed by atoms with E-state index in [1.807, 2.05) is 0 Å². The lowest BCUT2D eigenvalue weighted by Gasteiger charge is -2.55. The lowest BCUT2D eigenvalue weighted by atomic mass is 9.76. The minimum atomic E-state index is 0.251. The van der Waals surface area contributed by atoms with Crippen LogP contribution in [0.3, 0.4) is 0 Å². The molecule has 2 fully saturated rings. The average molecular weight is 270 g/mol. The molecular formula is C15H30N2S. The van der Waals surface area contributed by atoms with Crippen LogP contribution in [0.15, 0.2) is 0 Å². The molecule has 0 amide bonds. The molecule has 2 rings (SSSR count). The van der Waals surface area contributed by atoms with E-state index in [0.29, 0.717) is 11.5 Å². The second kappa shape index (κ2) is 5.34. The van der Waals surface area contributed by atoms with E-state index >= 15 is 0 Å². The summed E-state index contributed by atoms with van der Waals surface area (Å²) in [5, 5.41) is 0. The predicted octanol–water partition coefficient (Wildman–Crippen LogP) is 2.97. The van der Waals surface area contributed by atoms with Gasteiger partial charge in [-0.1, -0.05) is 20.8 Å². The summed E-state index contributed by atoms with van der Waals surface area (Å²) in [4.78, 5) is 2.76. The molecule has 2 nitrogen and oxygen atoms in total. The Hall–Kier alpha value is 0.270. The third-order valence-electron chi connectivity index (χ3n) is 5.03. The van der Waals surface area contributed by atoms with Gasteiger partial charge in [0.25, 0.3) is 0 Å². The van der Waals surface area contributed by atoms with Crippen molar-refractivity contribution in [3.05, 3.63) is 0 Å². The predicted molar refractivity (Wildman–Crippen MR) is 82.1 cm³/mol. The number of likely N-dealkylation sites (tertiary alicyclic amines) is 1. The topological polar surface area (TPSA) is 29.3 Å². The molecule has 2 N–H and O–H groups in total. The second-order valence-corrected chi connectivity index (χ2v) is 8.30. The van der Waals surface area contributed by atoms with Crippen LogP contribution >= 0.6 is 11.8 Å². The van der Waals surface area contributed by atoms with Gasteiger partial charge in [-0.25, -0.2) is 0 Å². The Morgan fingerprint density at radius 2 is 2.00 bits per heavy atom. The maximum absolute atomic E-state index is 6.24. The van der Waals surface area contributed by atoms with E-state index in [4.69, 9.17) is 5.73 Å². The molecule has 18 heavy (non-hydrogen) atoms. The first-order valence-electron chi connectivity index (χ1n) is 7.45. The summed E-state index contributed by atoms with van der Waals surface area (Å²) in [6.45, 7) is 11.7. The molecule has 2 saturated heterocycles. The SMILES string of the molecule is CC1CCCN(C2(CN)CSCC(C)(C)C2)C1C. The fourth-order valence-electron chi connectivity index (χ4n) is 3.95. The largest absolute Gasteiger partial charge is 0.329 e. The van der Waals surface area contributed by atoms with Gasteiger partial charge in [0.15, 0.2) is 0 Å². The van der Waals surface area contributed by atoms with Crippen molar-refractivity contribution in [1.29, 1.82) is 0 Å². The van der Waals surface area contributed by atoms with E-state index in [-0.39, 0.29) is 5.54 Å². The molecule has 0 spiro atoms. The molecule has 3 unspecified atom stereocenters. The number of hydrogen-bond acceptors (Lipinski definition) is 3. The van der Waals surface area contributed by atoms with Crippen LogP contribution in [0.25, 0.3) is 0 Å². The smallest absolute Gasteiger partial charge is 0.0430 e. The van der Waals surface area contributed by atoms with Crippen LogP contribution in [0.1, 0.15) is 47.0 Å². The van der Waals surface area contributed by atoms with Crippen molar-refractivity contribution >= 4 is 11.8 Å². The fraction of sp³-hybridized carbons (Fsp3) is 1.00. The Kier molecular flexibility index (Phi) is 4.35. The summed E-state index contributed by atoms with van der Waals surface area (Å²) >= 11 is 2.11. The van der Waals surface area contributed by atoms with Gasteiger partial charge in [-0.2, -0.15) is 11.8 Å². The number of thioether (sulfide) groups is 1. The van der Waals surface area contributed by atoms with Crippen molar-refractivity contribution in [2.75, 3.05) is 24.6 Å². The summed E-state index contributed by atoms with van der Waals surface area (Å²) in [6, 6.07) is 0.691. The molecule has 3 heteroatoms. The van der Waals surface area contributed by atoms with Crippen LogP contribution in [0.4, 0.5) is 0 Å². The van der Waals surface area contributed by atoms with Crippen LogP contribution in [-0.4, -0.2) is 41.1 Å². The minimum absolute atomic E-state index is 0.251. The molecule has 0 aliphatic carbocycles. The highest BCUT2D eigenvalue weighted by atomic mass is 32.2. The Morgan fingerprint density at radius 3 is 2.61 bits per heavy atom. The van der Waals surface area contributed by atoms with Crippen LogP contribution in [-0.2, 0) is 0 Å². The van der Waals surface area contributed by atoms with Gasteiger partial charge in [0.05, 0.1) is 0 Å². The molecule has 3 atom stereocenters. The van der Waals surface area contributed by atoms with E-state index in [0.717, 1.165) is 12.5 Å². The van der Waals surface area contributed by atoms with Crippen LogP contribution in [0.5, 0.6) is 0 Å². The van der Waals surface area contributed by atoms with E-state index in [1.54, 1.807) is 0 Å². The van der Waals surface area contributed by atoms with E-state index in [2.05, 4.69) is 44.4 Å². The van der Waals surface area contributed by atoms with Crippen molar-refractivity contribution in [3.63, 3.8) is 0 Å². The number of rotatable bonds is 2. The summed E-state index contributed by atoms with van der Waals surface area (Å²) in [7, 11) is 0. The standard InChI is InChI=1S/C15H30N2S/c1-12-6-5-7-17(13(12)2)15(9-16)8-14(3,4)10-18-11-15/h12-13H,5-11,16H2,1-4H3. The van der Waals surface area contributed by atoms with Gasteiger partial charge in [-0.05, 0) is 49.8 Å². The third kappa shape index (κ3) is 2.73. The Labute approximate surface area is 117 Å². The molecule has 0 aromatic carbocycles. The fourth-order valence-corrected chi connectivity index (χ4v) is 5.47. The highest BCUT2D eigenvalue weighted by molar-refractivity contribution is 7.99.